The van der Waals surface area contributed by atoms with Gasteiger partial charge in [-0.1, -0.05) is 66.8 Å². The molecule has 4 heterocycles. The molecule has 8 atom stereocenters. The number of carbonyl (C=O) groups excluding carboxylic acids is 1. The van der Waals surface area contributed by atoms with Crippen molar-refractivity contribution in [1.29, 1.82) is 0 Å². The number of carbonyl (C=O) groups is 1. The average Bonchev–Trinajstić information content (AvgIpc) is 3.70. The zero-order chi connectivity index (χ0) is 27.2. The molecule has 0 aromatic heterocycles. The molecule has 1 fully saturated rings. The van der Waals surface area contributed by atoms with Crippen LogP contribution in [0.3, 0.4) is 0 Å². The minimum Gasteiger partial charge on any atom is -0.456 e. The third kappa shape index (κ3) is 7.99. The molecule has 7 heteroatoms. The number of fused-ring (bicyclic) bond motifs is 4. The number of epoxide rings is 1. The molecule has 39 heavy (non-hydrogen) atoms. The molecule has 0 aliphatic carbocycles. The lowest BCUT2D eigenvalue weighted by Crippen LogP contribution is -2.32. The summed E-state index contributed by atoms with van der Waals surface area (Å²) in [5, 5.41) is 21.8. The largest absolute Gasteiger partial charge is 0.456 e. The van der Waals surface area contributed by atoms with Crippen molar-refractivity contribution >= 4 is 5.97 Å². The predicted molar refractivity (Wildman–Crippen MR) is 147 cm³/mol. The first-order valence-electron chi connectivity index (χ1n) is 14.2. The number of ether oxygens (including phenoxy) is 4. The van der Waals surface area contributed by atoms with E-state index in [0.29, 0.717) is 19.4 Å². The predicted octanol–water partition coefficient (Wildman–Crippen LogP) is 4.27. The Morgan fingerprint density at radius 2 is 1.92 bits per heavy atom. The third-order valence-corrected chi connectivity index (χ3v) is 7.92. The molecule has 0 radical (unpaired) electrons. The molecule has 0 amide bonds. The van der Waals surface area contributed by atoms with E-state index < -0.39 is 24.3 Å². The Labute approximate surface area is 230 Å². The molecule has 5 unspecified atom stereocenters. The molecule has 1 aromatic carbocycles. The Balaban J connectivity index is 1.25. The Hall–Kier alpha value is -2.55. The van der Waals surface area contributed by atoms with Gasteiger partial charge in [-0.3, -0.25) is 0 Å². The van der Waals surface area contributed by atoms with Crippen molar-refractivity contribution in [3.63, 3.8) is 0 Å². The van der Waals surface area contributed by atoms with Crippen LogP contribution in [0.15, 0.2) is 72.9 Å². The van der Waals surface area contributed by atoms with Crippen LogP contribution in [0, 0.1) is 0 Å². The van der Waals surface area contributed by atoms with Gasteiger partial charge in [-0.2, -0.15) is 0 Å². The summed E-state index contributed by atoms with van der Waals surface area (Å²) < 4.78 is 23.6. The van der Waals surface area contributed by atoms with E-state index in [4.69, 9.17) is 18.9 Å². The molecule has 2 bridgehead atoms. The van der Waals surface area contributed by atoms with Crippen LogP contribution in [-0.2, 0) is 36.8 Å². The van der Waals surface area contributed by atoms with E-state index in [0.717, 1.165) is 37.7 Å². The Morgan fingerprint density at radius 3 is 2.79 bits per heavy atom. The molecule has 1 saturated heterocycles. The van der Waals surface area contributed by atoms with Crippen LogP contribution in [0.2, 0.25) is 0 Å². The Morgan fingerprint density at radius 1 is 1.08 bits per heavy atom. The van der Waals surface area contributed by atoms with E-state index in [-0.39, 0.29) is 36.9 Å². The van der Waals surface area contributed by atoms with Gasteiger partial charge in [0.15, 0.2) is 0 Å². The lowest BCUT2D eigenvalue weighted by atomic mass is 9.96. The van der Waals surface area contributed by atoms with Crippen molar-refractivity contribution < 1.29 is 34.0 Å². The van der Waals surface area contributed by atoms with Crippen molar-refractivity contribution in [2.75, 3.05) is 0 Å². The summed E-state index contributed by atoms with van der Waals surface area (Å²) in [5.74, 6) is -0.529. The minimum atomic E-state index is -1.05. The third-order valence-electron chi connectivity index (χ3n) is 7.92. The van der Waals surface area contributed by atoms with Crippen molar-refractivity contribution in [3.05, 3.63) is 84.0 Å². The first-order chi connectivity index (χ1) is 18.9. The van der Waals surface area contributed by atoms with Crippen molar-refractivity contribution in [2.24, 2.45) is 0 Å². The molecule has 7 nitrogen and oxygen atoms in total. The summed E-state index contributed by atoms with van der Waals surface area (Å²) in [7, 11) is 0. The fraction of sp³-hybridized carbons (Fsp3) is 0.531. The van der Waals surface area contributed by atoms with Gasteiger partial charge in [0.2, 0.25) is 0 Å². The van der Waals surface area contributed by atoms with Crippen molar-refractivity contribution in [1.82, 2.24) is 0 Å². The normalized spacial score (nSPS) is 35.7. The minimum absolute atomic E-state index is 0.0812. The van der Waals surface area contributed by atoms with E-state index >= 15 is 0 Å². The zero-order valence-corrected chi connectivity index (χ0v) is 22.4. The smallest absolute Gasteiger partial charge is 0.330 e. The second kappa shape index (κ2) is 13.2. The highest BCUT2D eigenvalue weighted by Crippen LogP contribution is 2.34. The number of benzene rings is 1. The molecular formula is C32H40O7. The average molecular weight is 537 g/mol. The van der Waals surface area contributed by atoms with Gasteiger partial charge in [0.1, 0.15) is 18.3 Å². The SMILES string of the molecule is C=C1CCC[C@@H]2CC=CC(C/C=C\C(=O)OC(C(O)/C=C/C3Cc4ccccc4CO3)C[C@@H]3OC3[C@@H](O)C1)O2. The first kappa shape index (κ1) is 28.0. The van der Waals surface area contributed by atoms with Crippen LogP contribution in [0.5, 0.6) is 0 Å². The summed E-state index contributed by atoms with van der Waals surface area (Å²) in [5.41, 5.74) is 3.40. The molecule has 210 valence electrons. The maximum absolute atomic E-state index is 12.7. The highest BCUT2D eigenvalue weighted by atomic mass is 16.6. The number of aliphatic hydroxyl groups is 2. The molecule has 4 aliphatic rings. The van der Waals surface area contributed by atoms with Gasteiger partial charge in [0.25, 0.3) is 0 Å². The zero-order valence-electron chi connectivity index (χ0n) is 22.4. The number of hydrogen-bond donors (Lipinski definition) is 2. The fourth-order valence-electron chi connectivity index (χ4n) is 5.66. The van der Waals surface area contributed by atoms with Gasteiger partial charge in [-0.05, 0) is 49.7 Å². The van der Waals surface area contributed by atoms with Crippen LogP contribution in [0.1, 0.15) is 56.1 Å². The van der Waals surface area contributed by atoms with Gasteiger partial charge in [0.05, 0.1) is 37.1 Å². The van der Waals surface area contributed by atoms with E-state index in [1.54, 1.807) is 12.2 Å². The first-order valence-corrected chi connectivity index (χ1v) is 14.2. The molecule has 1 aromatic rings. The van der Waals surface area contributed by atoms with Gasteiger partial charge in [-0.25, -0.2) is 4.79 Å². The van der Waals surface area contributed by atoms with Gasteiger partial charge >= 0.3 is 5.97 Å². The number of aliphatic hydroxyl groups excluding tert-OH is 2. The summed E-state index contributed by atoms with van der Waals surface area (Å²) in [4.78, 5) is 12.7. The lowest BCUT2D eigenvalue weighted by molar-refractivity contribution is -0.148. The molecule has 0 spiro atoms. The summed E-state index contributed by atoms with van der Waals surface area (Å²) >= 11 is 0. The van der Waals surface area contributed by atoms with Crippen molar-refractivity contribution in [3.8, 4) is 0 Å². The quantitative estimate of drug-likeness (QED) is 0.338. The monoisotopic (exact) mass is 536 g/mol. The fourth-order valence-corrected chi connectivity index (χ4v) is 5.66. The van der Waals surface area contributed by atoms with Crippen LogP contribution in [0.25, 0.3) is 0 Å². The highest BCUT2D eigenvalue weighted by Gasteiger charge is 2.46. The lowest BCUT2D eigenvalue weighted by Gasteiger charge is -2.26. The summed E-state index contributed by atoms with van der Waals surface area (Å²) in [6.07, 6.45) is 13.1. The van der Waals surface area contributed by atoms with Gasteiger partial charge in [-0.15, -0.1) is 0 Å². The number of esters is 1. The van der Waals surface area contributed by atoms with E-state index in [9.17, 15) is 15.0 Å². The van der Waals surface area contributed by atoms with Crippen LogP contribution < -0.4 is 0 Å². The molecule has 4 aliphatic heterocycles. The molecule has 5 rings (SSSR count). The molecule has 0 saturated carbocycles. The maximum atomic E-state index is 12.7. The molecule has 2 N–H and O–H groups in total. The Kier molecular flexibility index (Phi) is 9.48. The van der Waals surface area contributed by atoms with Crippen LogP contribution >= 0.6 is 0 Å². The number of hydrogen-bond acceptors (Lipinski definition) is 7. The summed E-state index contributed by atoms with van der Waals surface area (Å²) in [6.45, 7) is 4.67. The van der Waals surface area contributed by atoms with Crippen LogP contribution in [-0.4, -0.2) is 65.0 Å². The second-order valence-corrected chi connectivity index (χ2v) is 11.1. The highest BCUT2D eigenvalue weighted by molar-refractivity contribution is 5.82. The molecular weight excluding hydrogens is 496 g/mol. The van der Waals surface area contributed by atoms with Crippen molar-refractivity contribution in [2.45, 2.75) is 107 Å². The Bertz CT molecular complexity index is 1090. The van der Waals surface area contributed by atoms with E-state index in [1.807, 2.05) is 24.3 Å². The van der Waals surface area contributed by atoms with Crippen LogP contribution in [0.4, 0.5) is 0 Å². The summed E-state index contributed by atoms with van der Waals surface area (Å²) in [6, 6.07) is 8.16. The van der Waals surface area contributed by atoms with E-state index in [2.05, 4.69) is 24.8 Å². The van der Waals surface area contributed by atoms with Gasteiger partial charge in [0, 0.05) is 18.9 Å². The standard InChI is InChI=1S/C32H40O7/c1-21-7-4-10-24-11-5-12-25(37-24)13-6-14-31(35)38-29(19-30-32(39-30)28(34)17-21)27(33)16-15-26-18-22-8-2-3-9-23(22)20-36-26/h2-3,5-6,8-9,12,14-16,24-30,32-34H,1,4,7,10-11,13,17-20H2/b14-6-,16-15+/t24-,25?,26?,27?,28+,29?,30+,32?/m1/s1. The number of cyclic esters (lactones) is 1. The number of rotatable bonds is 3. The van der Waals surface area contributed by atoms with Gasteiger partial charge < -0.3 is 29.2 Å². The van der Waals surface area contributed by atoms with E-state index in [1.165, 1.54) is 17.2 Å². The topological polar surface area (TPSA) is 97.8 Å². The second-order valence-electron chi connectivity index (χ2n) is 11.1. The maximum Gasteiger partial charge on any atom is 0.330 e.